The Hall–Kier alpha value is -2.25. The molecule has 27 heavy (non-hydrogen) atoms. The second-order valence-corrected chi connectivity index (χ2v) is 8.78. The van der Waals surface area contributed by atoms with Gasteiger partial charge in [0.05, 0.1) is 4.90 Å². The maximum absolute atomic E-state index is 13.4. The number of aryl methyl sites for hydroxylation is 2. The van der Waals surface area contributed by atoms with Crippen molar-refractivity contribution in [1.82, 2.24) is 4.31 Å². The molecule has 1 aliphatic rings. The number of nitrogens with one attached hydrogen (secondary N) is 1. The van der Waals surface area contributed by atoms with Gasteiger partial charge in [0.2, 0.25) is 15.9 Å². The van der Waals surface area contributed by atoms with Gasteiger partial charge < -0.3 is 5.32 Å². The first kappa shape index (κ1) is 19.5. The number of hydrogen-bond donors (Lipinski definition) is 1. The molecule has 0 unspecified atom stereocenters. The third kappa shape index (κ3) is 4.20. The topological polar surface area (TPSA) is 66.5 Å². The second-order valence-electron chi connectivity index (χ2n) is 6.89. The summed E-state index contributed by atoms with van der Waals surface area (Å²) in [5, 5.41) is 2.73. The second kappa shape index (κ2) is 7.78. The van der Waals surface area contributed by atoms with Gasteiger partial charge in [-0.3, -0.25) is 4.79 Å². The smallest absolute Gasteiger partial charge is 0.243 e. The van der Waals surface area contributed by atoms with E-state index in [1.807, 2.05) is 6.92 Å². The molecule has 3 rings (SSSR count). The Morgan fingerprint density at radius 1 is 1.11 bits per heavy atom. The summed E-state index contributed by atoms with van der Waals surface area (Å²) in [5.74, 6) is -0.745. The van der Waals surface area contributed by atoms with E-state index in [1.165, 1.54) is 22.5 Å². The fraction of sp³-hybridized carbons (Fsp3) is 0.350. The van der Waals surface area contributed by atoms with Crippen LogP contribution in [0.25, 0.3) is 0 Å². The third-order valence-electron chi connectivity index (χ3n) is 4.81. The number of halogens is 1. The van der Waals surface area contributed by atoms with Crippen LogP contribution >= 0.6 is 0 Å². The van der Waals surface area contributed by atoms with Gasteiger partial charge in [0, 0.05) is 12.2 Å². The molecule has 1 atom stereocenters. The minimum Gasteiger partial charge on any atom is -0.325 e. The minimum atomic E-state index is -3.77. The summed E-state index contributed by atoms with van der Waals surface area (Å²) < 4.78 is 40.8. The number of nitrogens with zero attached hydrogens (tertiary/aromatic N) is 1. The number of anilines is 1. The quantitative estimate of drug-likeness (QED) is 0.867. The number of amides is 1. The maximum Gasteiger partial charge on any atom is 0.243 e. The van der Waals surface area contributed by atoms with Crippen LogP contribution in [0.3, 0.4) is 0 Å². The molecule has 0 aromatic heterocycles. The third-order valence-corrected chi connectivity index (χ3v) is 6.73. The molecule has 2 aromatic rings. The summed E-state index contributed by atoms with van der Waals surface area (Å²) >= 11 is 0. The van der Waals surface area contributed by atoms with E-state index in [2.05, 4.69) is 5.32 Å². The molecule has 1 saturated heterocycles. The van der Waals surface area contributed by atoms with E-state index in [4.69, 9.17) is 0 Å². The molecule has 7 heteroatoms. The van der Waals surface area contributed by atoms with Crippen LogP contribution < -0.4 is 5.32 Å². The molecule has 1 amide bonds. The first-order chi connectivity index (χ1) is 12.8. The number of piperidine rings is 1. The highest BCUT2D eigenvalue weighted by Gasteiger charge is 2.37. The summed E-state index contributed by atoms with van der Waals surface area (Å²) in [5.41, 5.74) is 1.84. The predicted octanol–water partition coefficient (Wildman–Crippen LogP) is 3.62. The highest BCUT2D eigenvalue weighted by atomic mass is 32.2. The zero-order valence-electron chi connectivity index (χ0n) is 15.4. The summed E-state index contributed by atoms with van der Waals surface area (Å²) in [6.07, 6.45) is 1.95. The van der Waals surface area contributed by atoms with E-state index in [1.54, 1.807) is 31.2 Å². The zero-order chi connectivity index (χ0) is 19.6. The zero-order valence-corrected chi connectivity index (χ0v) is 16.2. The molecule has 144 valence electrons. The number of benzene rings is 2. The van der Waals surface area contributed by atoms with E-state index in [9.17, 15) is 17.6 Å². The molecule has 1 fully saturated rings. The van der Waals surface area contributed by atoms with Crippen LogP contribution in [0.15, 0.2) is 47.4 Å². The Morgan fingerprint density at radius 2 is 1.81 bits per heavy atom. The van der Waals surface area contributed by atoms with Crippen LogP contribution in [0.5, 0.6) is 0 Å². The molecule has 0 saturated carbocycles. The first-order valence-electron chi connectivity index (χ1n) is 8.94. The molecular formula is C20H23FN2O3S. The number of rotatable bonds is 4. The van der Waals surface area contributed by atoms with Crippen LogP contribution in [0, 0.1) is 19.7 Å². The Balaban J connectivity index is 1.85. The monoisotopic (exact) mass is 390 g/mol. The van der Waals surface area contributed by atoms with E-state index >= 15 is 0 Å². The molecule has 1 N–H and O–H groups in total. The fourth-order valence-electron chi connectivity index (χ4n) is 3.25. The minimum absolute atomic E-state index is 0.186. The molecule has 1 aliphatic heterocycles. The number of carbonyl (C=O) groups excluding carboxylic acids is 1. The predicted molar refractivity (Wildman–Crippen MR) is 102 cm³/mol. The van der Waals surface area contributed by atoms with Crippen molar-refractivity contribution < 1.29 is 17.6 Å². The van der Waals surface area contributed by atoms with Crippen LogP contribution in [-0.2, 0) is 14.8 Å². The number of sulfonamides is 1. The van der Waals surface area contributed by atoms with Crippen LogP contribution in [0.1, 0.15) is 30.4 Å². The van der Waals surface area contributed by atoms with Crippen molar-refractivity contribution in [3.05, 3.63) is 59.4 Å². The van der Waals surface area contributed by atoms with Crippen LogP contribution in [0.2, 0.25) is 0 Å². The molecule has 5 nitrogen and oxygen atoms in total. The van der Waals surface area contributed by atoms with Crippen LogP contribution in [-0.4, -0.2) is 31.2 Å². The van der Waals surface area contributed by atoms with E-state index in [0.717, 1.165) is 12.0 Å². The summed E-state index contributed by atoms with van der Waals surface area (Å²) in [4.78, 5) is 13.0. The lowest BCUT2D eigenvalue weighted by molar-refractivity contribution is -0.120. The highest BCUT2D eigenvalue weighted by molar-refractivity contribution is 7.89. The van der Waals surface area contributed by atoms with Gasteiger partial charge in [0.15, 0.2) is 0 Å². The van der Waals surface area contributed by atoms with Gasteiger partial charge in [-0.15, -0.1) is 0 Å². The van der Waals surface area contributed by atoms with Gasteiger partial charge in [-0.25, -0.2) is 12.8 Å². The van der Waals surface area contributed by atoms with Gasteiger partial charge in [0.25, 0.3) is 0 Å². The normalized spacial score (nSPS) is 18.3. The Kier molecular flexibility index (Phi) is 5.62. The van der Waals surface area contributed by atoms with Gasteiger partial charge >= 0.3 is 0 Å². The van der Waals surface area contributed by atoms with Crippen molar-refractivity contribution in [3.8, 4) is 0 Å². The average Bonchev–Trinajstić information content (AvgIpc) is 2.65. The number of hydrogen-bond acceptors (Lipinski definition) is 3. The molecule has 0 radical (unpaired) electrons. The molecule has 0 aliphatic carbocycles. The van der Waals surface area contributed by atoms with Gasteiger partial charge in [-0.2, -0.15) is 4.31 Å². The van der Waals surface area contributed by atoms with Crippen molar-refractivity contribution in [1.29, 1.82) is 0 Å². The molecule has 1 heterocycles. The van der Waals surface area contributed by atoms with Gasteiger partial charge in [-0.1, -0.05) is 24.1 Å². The standard InChI is InChI=1S/C20H23FN2O3S/c1-14-6-9-17(10-7-14)27(25,26)23-12-4-3-5-19(23)20(24)22-16-8-11-18(21)15(2)13-16/h6-11,13,19H,3-5,12H2,1-2H3,(H,22,24)/t19-/m1/s1. The van der Waals surface area contributed by atoms with Crippen molar-refractivity contribution >= 4 is 21.6 Å². The lowest BCUT2D eigenvalue weighted by Gasteiger charge is -2.33. The SMILES string of the molecule is Cc1ccc(S(=O)(=O)N2CCCC[C@@H]2C(=O)Nc2ccc(F)c(C)c2)cc1. The van der Waals surface area contributed by atoms with Gasteiger partial charge in [-0.05, 0) is 62.6 Å². The van der Waals surface area contributed by atoms with Crippen molar-refractivity contribution in [2.45, 2.75) is 44.0 Å². The maximum atomic E-state index is 13.4. The Morgan fingerprint density at radius 3 is 2.48 bits per heavy atom. The van der Waals surface area contributed by atoms with E-state index in [0.29, 0.717) is 30.6 Å². The number of carbonyl (C=O) groups is 1. The molecular weight excluding hydrogens is 367 g/mol. The first-order valence-corrected chi connectivity index (χ1v) is 10.4. The largest absolute Gasteiger partial charge is 0.325 e. The molecule has 0 bridgehead atoms. The molecule has 2 aromatic carbocycles. The van der Waals surface area contributed by atoms with Crippen molar-refractivity contribution in [3.63, 3.8) is 0 Å². The van der Waals surface area contributed by atoms with E-state index < -0.39 is 22.0 Å². The lowest BCUT2D eigenvalue weighted by Crippen LogP contribution is -2.49. The Labute approximate surface area is 159 Å². The lowest BCUT2D eigenvalue weighted by atomic mass is 10.0. The van der Waals surface area contributed by atoms with E-state index in [-0.39, 0.29) is 10.7 Å². The van der Waals surface area contributed by atoms with Crippen molar-refractivity contribution in [2.75, 3.05) is 11.9 Å². The molecule has 0 spiro atoms. The van der Waals surface area contributed by atoms with Crippen molar-refractivity contribution in [2.24, 2.45) is 0 Å². The average molecular weight is 390 g/mol. The van der Waals surface area contributed by atoms with Crippen LogP contribution in [0.4, 0.5) is 10.1 Å². The summed E-state index contributed by atoms with van der Waals surface area (Å²) in [6, 6.07) is 10.1. The van der Waals surface area contributed by atoms with Gasteiger partial charge in [0.1, 0.15) is 11.9 Å². The summed E-state index contributed by atoms with van der Waals surface area (Å²) in [7, 11) is -3.77. The summed E-state index contributed by atoms with van der Waals surface area (Å²) in [6.45, 7) is 3.80. The fourth-order valence-corrected chi connectivity index (χ4v) is 4.90. The Bertz CT molecular complexity index is 942. The highest BCUT2D eigenvalue weighted by Crippen LogP contribution is 2.27.